The van der Waals surface area contributed by atoms with Gasteiger partial charge in [-0.1, -0.05) is 31.0 Å². The Labute approximate surface area is 130 Å². The number of nitro groups is 1. The molecule has 1 N–H and O–H groups in total. The van der Waals surface area contributed by atoms with E-state index in [2.05, 4.69) is 17.1 Å². The lowest BCUT2D eigenvalue weighted by atomic mass is 10.0. The molecule has 1 aliphatic heterocycles. The maximum Gasteiger partial charge on any atom is 0.288 e. The molecular weight excluding hydrogens is 290 g/mol. The largest absolute Gasteiger partial charge is 0.313 e. The van der Waals surface area contributed by atoms with Crippen LogP contribution in [0.15, 0.2) is 18.2 Å². The average Bonchev–Trinajstić information content (AvgIpc) is 2.49. The summed E-state index contributed by atoms with van der Waals surface area (Å²) >= 11 is 5.85. The van der Waals surface area contributed by atoms with Crippen LogP contribution in [0.4, 0.5) is 5.69 Å². The van der Waals surface area contributed by atoms with E-state index in [1.807, 2.05) is 6.07 Å². The van der Waals surface area contributed by atoms with Crippen molar-refractivity contribution in [3.05, 3.63) is 38.9 Å². The number of rotatable bonds is 6. The van der Waals surface area contributed by atoms with E-state index < -0.39 is 4.92 Å². The topological polar surface area (TPSA) is 58.4 Å². The molecule has 1 aliphatic rings. The fraction of sp³-hybridized carbons (Fsp3) is 0.600. The summed E-state index contributed by atoms with van der Waals surface area (Å²) in [6.45, 7) is 5.83. The van der Waals surface area contributed by atoms with E-state index in [9.17, 15) is 10.1 Å². The zero-order chi connectivity index (χ0) is 15.2. The highest BCUT2D eigenvalue weighted by atomic mass is 35.5. The van der Waals surface area contributed by atoms with E-state index in [0.29, 0.717) is 12.6 Å². The van der Waals surface area contributed by atoms with Crippen LogP contribution in [0.5, 0.6) is 0 Å². The van der Waals surface area contributed by atoms with Crippen LogP contribution in [-0.2, 0) is 6.54 Å². The van der Waals surface area contributed by atoms with Crippen LogP contribution in [0, 0.1) is 10.1 Å². The Hall–Kier alpha value is -1.17. The van der Waals surface area contributed by atoms with E-state index in [4.69, 9.17) is 11.6 Å². The summed E-state index contributed by atoms with van der Waals surface area (Å²) in [7, 11) is 0. The lowest BCUT2D eigenvalue weighted by molar-refractivity contribution is -0.384. The van der Waals surface area contributed by atoms with Gasteiger partial charge in [-0.25, -0.2) is 0 Å². The number of benzene rings is 1. The van der Waals surface area contributed by atoms with Crippen molar-refractivity contribution < 1.29 is 4.92 Å². The molecule has 0 amide bonds. The van der Waals surface area contributed by atoms with Gasteiger partial charge in [-0.2, -0.15) is 0 Å². The van der Waals surface area contributed by atoms with Gasteiger partial charge in [0.25, 0.3) is 5.69 Å². The van der Waals surface area contributed by atoms with Crippen molar-refractivity contribution in [3.63, 3.8) is 0 Å². The number of halogens is 1. The summed E-state index contributed by atoms with van der Waals surface area (Å²) in [4.78, 5) is 12.8. The van der Waals surface area contributed by atoms with Gasteiger partial charge in [0.05, 0.1) is 4.92 Å². The van der Waals surface area contributed by atoms with E-state index >= 15 is 0 Å². The number of piperidine rings is 1. The Morgan fingerprint density at radius 1 is 1.48 bits per heavy atom. The Balaban J connectivity index is 2.00. The normalized spacial score (nSPS) is 18.9. The molecule has 1 aromatic rings. The molecule has 116 valence electrons. The van der Waals surface area contributed by atoms with Crippen LogP contribution in [0.3, 0.4) is 0 Å². The number of nitro benzene ring substituents is 1. The molecular formula is C15H22ClN3O2. The van der Waals surface area contributed by atoms with Gasteiger partial charge in [0.2, 0.25) is 0 Å². The van der Waals surface area contributed by atoms with Crippen LogP contribution in [0.1, 0.15) is 31.7 Å². The second kappa shape index (κ2) is 7.73. The van der Waals surface area contributed by atoms with Gasteiger partial charge in [0, 0.05) is 25.2 Å². The molecule has 1 atom stereocenters. The molecule has 21 heavy (non-hydrogen) atoms. The van der Waals surface area contributed by atoms with Gasteiger partial charge in [-0.15, -0.1) is 0 Å². The molecule has 0 saturated carbocycles. The van der Waals surface area contributed by atoms with E-state index in [1.165, 1.54) is 19.3 Å². The first-order chi connectivity index (χ1) is 10.1. The molecule has 6 heteroatoms. The fourth-order valence-corrected chi connectivity index (χ4v) is 2.94. The summed E-state index contributed by atoms with van der Waals surface area (Å²) in [6.07, 6.45) is 3.74. The highest BCUT2D eigenvalue weighted by Crippen LogP contribution is 2.25. The van der Waals surface area contributed by atoms with E-state index in [-0.39, 0.29) is 10.7 Å². The highest BCUT2D eigenvalue weighted by molar-refractivity contribution is 6.32. The Kier molecular flexibility index (Phi) is 5.96. The van der Waals surface area contributed by atoms with Crippen LogP contribution in [0.25, 0.3) is 0 Å². The molecule has 1 fully saturated rings. The van der Waals surface area contributed by atoms with Crippen molar-refractivity contribution in [2.24, 2.45) is 0 Å². The summed E-state index contributed by atoms with van der Waals surface area (Å²) < 4.78 is 0. The maximum absolute atomic E-state index is 10.9. The molecule has 1 saturated heterocycles. The van der Waals surface area contributed by atoms with Gasteiger partial charge < -0.3 is 5.32 Å². The minimum atomic E-state index is -0.426. The highest BCUT2D eigenvalue weighted by Gasteiger charge is 2.18. The zero-order valence-corrected chi connectivity index (χ0v) is 13.1. The molecule has 5 nitrogen and oxygen atoms in total. The van der Waals surface area contributed by atoms with Crippen molar-refractivity contribution in [2.45, 2.75) is 38.8 Å². The second-order valence-electron chi connectivity index (χ2n) is 5.52. The Morgan fingerprint density at radius 3 is 2.90 bits per heavy atom. The van der Waals surface area contributed by atoms with Gasteiger partial charge in [0.15, 0.2) is 0 Å². The summed E-state index contributed by atoms with van der Waals surface area (Å²) in [5, 5.41) is 14.7. The van der Waals surface area contributed by atoms with Crippen molar-refractivity contribution in [1.82, 2.24) is 10.2 Å². The van der Waals surface area contributed by atoms with E-state index in [0.717, 1.165) is 25.2 Å². The summed E-state index contributed by atoms with van der Waals surface area (Å²) in [5.41, 5.74) is 0.921. The van der Waals surface area contributed by atoms with Crippen molar-refractivity contribution in [2.75, 3.05) is 19.6 Å². The first-order valence-corrected chi connectivity index (χ1v) is 7.86. The maximum atomic E-state index is 10.9. The predicted molar refractivity (Wildman–Crippen MR) is 84.7 cm³/mol. The number of likely N-dealkylation sites (N-methyl/N-ethyl adjacent to an activating group) is 1. The molecule has 0 aromatic heterocycles. The second-order valence-corrected chi connectivity index (χ2v) is 5.92. The quantitative estimate of drug-likeness (QED) is 0.647. The first-order valence-electron chi connectivity index (χ1n) is 7.48. The number of hydrogen-bond acceptors (Lipinski definition) is 4. The molecule has 0 aliphatic carbocycles. The van der Waals surface area contributed by atoms with Crippen molar-refractivity contribution >= 4 is 17.3 Å². The minimum Gasteiger partial charge on any atom is -0.313 e. The summed E-state index contributed by atoms with van der Waals surface area (Å²) in [5.74, 6) is 0. The van der Waals surface area contributed by atoms with Gasteiger partial charge >= 0.3 is 0 Å². The lowest BCUT2D eigenvalue weighted by Crippen LogP contribution is -2.43. The van der Waals surface area contributed by atoms with Crippen LogP contribution >= 0.6 is 11.6 Å². The fourth-order valence-electron chi connectivity index (χ4n) is 2.75. The summed E-state index contributed by atoms with van der Waals surface area (Å²) in [6, 6.07) is 5.59. The van der Waals surface area contributed by atoms with Gasteiger partial charge in [0.1, 0.15) is 5.02 Å². The predicted octanol–water partition coefficient (Wildman–Crippen LogP) is 3.21. The van der Waals surface area contributed by atoms with Gasteiger partial charge in [-0.3, -0.25) is 15.0 Å². The smallest absolute Gasteiger partial charge is 0.288 e. The zero-order valence-electron chi connectivity index (χ0n) is 12.3. The molecule has 0 bridgehead atoms. The van der Waals surface area contributed by atoms with Crippen LogP contribution < -0.4 is 5.32 Å². The third kappa shape index (κ3) is 4.66. The number of nitrogens with zero attached hydrogens (tertiary/aromatic N) is 2. The lowest BCUT2D eigenvalue weighted by Gasteiger charge is -2.29. The van der Waals surface area contributed by atoms with Crippen LogP contribution in [0.2, 0.25) is 5.02 Å². The molecule has 1 heterocycles. The monoisotopic (exact) mass is 311 g/mol. The van der Waals surface area contributed by atoms with Crippen molar-refractivity contribution in [1.29, 1.82) is 0 Å². The van der Waals surface area contributed by atoms with E-state index in [1.54, 1.807) is 12.1 Å². The third-order valence-electron chi connectivity index (χ3n) is 3.95. The van der Waals surface area contributed by atoms with Gasteiger partial charge in [-0.05, 0) is 37.6 Å². The minimum absolute atomic E-state index is 0.0130. The molecule has 0 radical (unpaired) electrons. The molecule has 2 rings (SSSR count). The third-order valence-corrected chi connectivity index (χ3v) is 4.27. The number of nitrogens with one attached hydrogen (secondary N) is 1. The molecule has 0 spiro atoms. The Bertz CT molecular complexity index is 490. The molecule has 1 unspecified atom stereocenters. The average molecular weight is 312 g/mol. The molecule has 1 aromatic carbocycles. The van der Waals surface area contributed by atoms with Crippen LogP contribution in [-0.4, -0.2) is 35.5 Å². The Morgan fingerprint density at radius 2 is 2.29 bits per heavy atom. The number of hydrogen-bond donors (Lipinski definition) is 1. The van der Waals surface area contributed by atoms with Crippen molar-refractivity contribution in [3.8, 4) is 0 Å². The standard InChI is InChI=1S/C15H22ClN3O2/c1-2-18(11-13-5-3-4-8-17-13)10-12-6-7-14(16)15(9-12)19(20)21/h6-7,9,13,17H,2-5,8,10-11H2,1H3. The first kappa shape index (κ1) is 16.2. The SMILES string of the molecule is CCN(Cc1ccc(Cl)c([N+](=O)[O-])c1)CC1CCCCN1.